The second kappa shape index (κ2) is 44.3. The van der Waals surface area contributed by atoms with E-state index in [1.807, 2.05) is 0 Å². The van der Waals surface area contributed by atoms with Crippen LogP contribution in [-0.4, -0.2) is 187 Å². The van der Waals surface area contributed by atoms with E-state index < -0.39 is 197 Å². The van der Waals surface area contributed by atoms with Gasteiger partial charge in [0, 0.05) is 72.7 Å². The molecule has 0 saturated carbocycles. The minimum absolute atomic E-state index is 0.00744. The summed E-state index contributed by atoms with van der Waals surface area (Å²) in [6.07, 6.45) is -3.18. The lowest BCUT2D eigenvalue weighted by Crippen LogP contribution is -2.56. The minimum Gasteiger partial charge on any atom is -0.444 e. The van der Waals surface area contributed by atoms with Crippen LogP contribution in [0.5, 0.6) is 11.5 Å². The summed E-state index contributed by atoms with van der Waals surface area (Å²) in [5.41, 5.74) is 9.55. The second-order valence-corrected chi connectivity index (χ2v) is 27.7. The summed E-state index contributed by atoms with van der Waals surface area (Å²) in [7, 11) is 0. The van der Waals surface area contributed by atoms with Crippen LogP contribution >= 0.6 is 0 Å². The van der Waals surface area contributed by atoms with Gasteiger partial charge in [0.25, 0.3) is 11.4 Å². The van der Waals surface area contributed by atoms with E-state index in [-0.39, 0.29) is 85.6 Å². The number of nitro benzene ring substituents is 2. The first-order chi connectivity index (χ1) is 52.5. The Hall–Kier alpha value is -13.3. The van der Waals surface area contributed by atoms with Crippen molar-refractivity contribution in [2.45, 2.75) is 143 Å². The largest absolute Gasteiger partial charge is 0.519 e. The number of benzene rings is 4. The Kier molecular flexibility index (Phi) is 36.0. The molecule has 0 fully saturated rings. The van der Waals surface area contributed by atoms with E-state index >= 15 is 0 Å². The van der Waals surface area contributed by atoms with Crippen LogP contribution in [-0.2, 0) is 70.3 Å². The van der Waals surface area contributed by atoms with E-state index in [0.717, 1.165) is 36.4 Å². The Labute approximate surface area is 642 Å². The quantitative estimate of drug-likeness (QED) is 0.00992. The number of anilines is 2. The summed E-state index contributed by atoms with van der Waals surface area (Å²) < 4.78 is 21.3. The van der Waals surface area contributed by atoms with Crippen molar-refractivity contribution >= 4 is 112 Å². The van der Waals surface area contributed by atoms with Gasteiger partial charge in [-0.15, -0.1) is 0 Å². The number of rotatable bonds is 40. The number of ether oxygens (including phenoxy) is 4. The van der Waals surface area contributed by atoms with Gasteiger partial charge in [-0.25, -0.2) is 24.0 Å². The lowest BCUT2D eigenvalue weighted by molar-refractivity contribution is -0.385. The average Bonchev–Trinajstić information content (AvgIpc) is 0.819. The number of carbonyl (C=O) groups excluding carboxylic acids is 15. The van der Waals surface area contributed by atoms with Gasteiger partial charge in [-0.3, -0.25) is 68.2 Å². The number of nitrogens with two attached hydrogens (primary N) is 2. The smallest absolute Gasteiger partial charge is 0.444 e. The molecule has 4 aromatic carbocycles. The molecule has 0 saturated heterocycles. The second-order valence-electron chi connectivity index (χ2n) is 27.7. The Morgan fingerprint density at radius 2 is 0.723 bits per heavy atom. The van der Waals surface area contributed by atoms with Crippen LogP contribution in [0.15, 0.2) is 84.9 Å². The van der Waals surface area contributed by atoms with Gasteiger partial charge in [0.05, 0.1) is 36.0 Å². The molecule has 0 aliphatic carbocycles. The summed E-state index contributed by atoms with van der Waals surface area (Å²) in [4.78, 5) is 214. The van der Waals surface area contributed by atoms with Crippen LogP contribution in [0.3, 0.4) is 0 Å². The van der Waals surface area contributed by atoms with E-state index in [0.29, 0.717) is 11.1 Å². The van der Waals surface area contributed by atoms with Gasteiger partial charge >= 0.3 is 30.4 Å². The molecule has 0 spiro atoms. The fourth-order valence-electron chi connectivity index (χ4n) is 9.86. The van der Waals surface area contributed by atoms with Crippen molar-refractivity contribution in [2.75, 3.05) is 63.0 Å². The van der Waals surface area contributed by atoms with Crippen molar-refractivity contribution < 1.29 is 101 Å². The Morgan fingerprint density at radius 3 is 1.02 bits per heavy atom. The summed E-state index contributed by atoms with van der Waals surface area (Å²) >= 11 is 0. The van der Waals surface area contributed by atoms with Crippen molar-refractivity contribution in [2.24, 2.45) is 23.3 Å². The fourth-order valence-corrected chi connectivity index (χ4v) is 9.86. The van der Waals surface area contributed by atoms with Crippen LogP contribution in [0.1, 0.15) is 117 Å². The highest BCUT2D eigenvalue weighted by atomic mass is 16.7. The Morgan fingerprint density at radius 1 is 0.411 bits per heavy atom. The molecule has 608 valence electrons. The summed E-state index contributed by atoms with van der Waals surface area (Å²) in [5.74, 6) is -9.23. The van der Waals surface area contributed by atoms with Gasteiger partial charge in [-0.2, -0.15) is 0 Å². The van der Waals surface area contributed by atoms with Crippen molar-refractivity contribution in [3.8, 4) is 11.5 Å². The Balaban J connectivity index is 1.43. The number of urea groups is 2. The minimum atomic E-state index is -1.36. The van der Waals surface area contributed by atoms with Crippen molar-refractivity contribution in [3.63, 3.8) is 0 Å². The molecule has 16 amide bonds. The lowest BCUT2D eigenvalue weighted by Gasteiger charge is -2.25. The summed E-state index contributed by atoms with van der Waals surface area (Å²) in [5, 5.41) is 58.2. The van der Waals surface area contributed by atoms with Crippen LogP contribution < -0.4 is 95.4 Å². The fraction of sp³-hybridized carbons (Fsp3) is 0.451. The molecule has 0 bridgehead atoms. The molecule has 4 rings (SSSR count). The van der Waals surface area contributed by atoms with Crippen LogP contribution in [0, 0.1) is 32.1 Å². The number of nitro groups is 2. The van der Waals surface area contributed by atoms with Gasteiger partial charge in [-0.1, -0.05) is 52.0 Å². The molecule has 0 unspecified atom stereocenters. The first-order valence-corrected chi connectivity index (χ1v) is 35.0. The molecular formula is C71H96N18O23. The highest BCUT2D eigenvalue weighted by Crippen LogP contribution is 2.31. The molecule has 0 aliphatic heterocycles. The summed E-state index contributed by atoms with van der Waals surface area (Å²) in [6.45, 7) is 12.8. The molecule has 4 aromatic rings. The predicted molar refractivity (Wildman–Crippen MR) is 400 cm³/mol. The maximum Gasteiger partial charge on any atom is 0.519 e. The van der Waals surface area contributed by atoms with Gasteiger partial charge in [-0.05, 0) is 127 Å². The van der Waals surface area contributed by atoms with E-state index in [4.69, 9.17) is 30.4 Å². The number of hydrogen-bond donors (Lipinski definition) is 16. The number of non-ortho nitro benzene ring substituents is 2. The molecule has 112 heavy (non-hydrogen) atoms. The van der Waals surface area contributed by atoms with E-state index in [1.165, 1.54) is 48.5 Å². The van der Waals surface area contributed by atoms with Crippen molar-refractivity contribution in [3.05, 3.63) is 127 Å². The van der Waals surface area contributed by atoms with Crippen molar-refractivity contribution in [1.82, 2.24) is 63.8 Å². The summed E-state index contributed by atoms with van der Waals surface area (Å²) in [6, 6.07) is 12.0. The zero-order chi connectivity index (χ0) is 83.6. The highest BCUT2D eigenvalue weighted by molar-refractivity contribution is 6.00. The number of carbonyl (C=O) groups is 15. The molecule has 41 heteroatoms. The highest BCUT2D eigenvalue weighted by Gasteiger charge is 2.32. The number of nitrogens with zero attached hydrogens (tertiary/aromatic N) is 2. The zero-order valence-corrected chi connectivity index (χ0v) is 63.4. The maximum atomic E-state index is 13.9. The topological polar surface area (TPSA) is 600 Å². The maximum absolute atomic E-state index is 13.9. The van der Waals surface area contributed by atoms with Gasteiger partial charge < -0.3 is 105 Å². The number of hydrogen-bond acceptors (Lipinski definition) is 23. The first kappa shape index (κ1) is 91.1. The third-order valence-electron chi connectivity index (χ3n) is 15.2. The standard InChI is InChI=1S/C71H96N18O23/c1-39(2)59(86-57(94)37-78-53(90)33-76-55(92)35-80-67(102)111-70(5,6)7)63(98)84-49(13-11-27-74-65(72)100)61(96)82-45-19-15-41(16-20-45)29-43-31-47(88(105)106)23-25-51(43)109-69(104)110-52-26-24-48(89(107)108)32-44(52)30-42-17-21-46(22-18-42)83-62(97)50(14-12-28-75-66(73)101)85-64(99)60(40(3)4)87-58(95)38-79-54(91)34-77-56(93)36-81-68(103)112-71(8,9)10/h15-26,31-32,39-40,49-50,59-60H,11-14,27-30,33-38H2,1-10H3,(H,76,92)(H,77,93)(H,78,90)(H,79,91)(H,80,102)(H,81,103)(H,82,96)(H,83,97)(H,84,98)(H,85,99)(H,86,94)(H,87,95)(H3,72,74,100)(H3,73,75,101)/t49-,50-,59-,60-/m0/s1. The molecule has 4 atom stereocenters. The van der Waals surface area contributed by atoms with Crippen LogP contribution in [0.25, 0.3) is 0 Å². The molecule has 41 nitrogen and oxygen atoms in total. The molecule has 18 N–H and O–H groups in total. The van der Waals surface area contributed by atoms with Crippen LogP contribution in [0.4, 0.5) is 46.7 Å². The van der Waals surface area contributed by atoms with Gasteiger partial charge in [0.1, 0.15) is 60.0 Å². The number of primary amides is 2. The number of amides is 16. The lowest BCUT2D eigenvalue weighted by atomic mass is 10.0. The predicted octanol–water partition coefficient (Wildman–Crippen LogP) is 1.80. The molecular weight excluding hydrogens is 1470 g/mol. The van der Waals surface area contributed by atoms with E-state index in [9.17, 15) is 92.1 Å². The third kappa shape index (κ3) is 35.2. The number of nitrogens with one attached hydrogen (secondary N) is 14. The SMILES string of the molecule is CC(C)[C@H](NC(=O)CNC(=O)CNC(=O)CNC(=O)OC(C)(C)C)C(=O)N[C@@H](CCCNC(N)=O)C(=O)Nc1ccc(Cc2cc([N+](=O)[O-])ccc2OC(=O)Oc2ccc([N+](=O)[O-])cc2Cc2ccc(NC(=O)[C@H](CCCNC(N)=O)NC(=O)[C@@H](NC(=O)CNC(=O)CNC(=O)CNC(=O)OC(C)(C)C)C(C)C)cc2)cc1. The average molecular weight is 1570 g/mol. The Bertz CT molecular complexity index is 3810. The normalized spacial score (nSPS) is 12.0. The van der Waals surface area contributed by atoms with Crippen molar-refractivity contribution in [1.29, 1.82) is 0 Å². The monoisotopic (exact) mass is 1570 g/mol. The zero-order valence-electron chi connectivity index (χ0n) is 63.4. The molecule has 0 radical (unpaired) electrons. The van der Waals surface area contributed by atoms with E-state index in [1.54, 1.807) is 69.2 Å². The molecule has 0 aromatic heterocycles. The van der Waals surface area contributed by atoms with Gasteiger partial charge in [0.15, 0.2) is 0 Å². The van der Waals surface area contributed by atoms with Gasteiger partial charge in [0.2, 0.25) is 59.1 Å². The van der Waals surface area contributed by atoms with E-state index in [2.05, 4.69) is 74.4 Å². The first-order valence-electron chi connectivity index (χ1n) is 35.0. The third-order valence-corrected chi connectivity index (χ3v) is 15.2. The molecule has 0 heterocycles. The molecule has 0 aliphatic rings. The number of alkyl carbamates (subject to hydrolysis) is 2. The van der Waals surface area contributed by atoms with Crippen LogP contribution in [0.2, 0.25) is 0 Å².